The molecule has 52 heavy (non-hydrogen) atoms. The van der Waals surface area contributed by atoms with Crippen molar-refractivity contribution in [3.05, 3.63) is 103 Å². The van der Waals surface area contributed by atoms with E-state index in [1.54, 1.807) is 96.4 Å². The van der Waals surface area contributed by atoms with Gasteiger partial charge in [-0.25, -0.2) is 24.5 Å². The van der Waals surface area contributed by atoms with E-state index in [1.165, 1.54) is 4.90 Å². The molecule has 6 rings (SSSR count). The molecular formula is C39H40N6O7. The van der Waals surface area contributed by atoms with Crippen LogP contribution in [0.4, 0.5) is 26.8 Å². The number of carbonyl (C=O) groups excluding carboxylic acids is 3. The van der Waals surface area contributed by atoms with E-state index in [-0.39, 0.29) is 25.7 Å². The van der Waals surface area contributed by atoms with Gasteiger partial charge in [-0.15, -0.1) is 0 Å². The van der Waals surface area contributed by atoms with Crippen LogP contribution in [0.5, 0.6) is 5.75 Å². The highest BCUT2D eigenvalue weighted by Gasteiger charge is 2.32. The molecular weight excluding hydrogens is 664 g/mol. The van der Waals surface area contributed by atoms with E-state index in [4.69, 9.17) is 28.9 Å². The predicted molar refractivity (Wildman–Crippen MR) is 194 cm³/mol. The number of benzene rings is 3. The summed E-state index contributed by atoms with van der Waals surface area (Å²) >= 11 is 0. The molecule has 5 aromatic rings. The van der Waals surface area contributed by atoms with Gasteiger partial charge in [0.15, 0.2) is 18.2 Å². The molecule has 3 aromatic carbocycles. The molecule has 13 heteroatoms. The van der Waals surface area contributed by atoms with Crippen LogP contribution in [0, 0.1) is 0 Å². The number of carbonyl (C=O) groups is 3. The maximum absolute atomic E-state index is 14.0. The van der Waals surface area contributed by atoms with Gasteiger partial charge in [0.05, 0.1) is 30.8 Å². The van der Waals surface area contributed by atoms with Crippen molar-refractivity contribution in [3.8, 4) is 28.3 Å². The monoisotopic (exact) mass is 704 g/mol. The van der Waals surface area contributed by atoms with Crippen molar-refractivity contribution in [2.45, 2.75) is 66.0 Å². The Morgan fingerprint density at radius 1 is 0.827 bits per heavy atom. The fraction of sp³-hybridized carbons (Fsp3) is 0.282. The fourth-order valence-electron chi connectivity index (χ4n) is 5.25. The quantitative estimate of drug-likeness (QED) is 0.169. The van der Waals surface area contributed by atoms with E-state index in [9.17, 15) is 14.4 Å². The Morgan fingerprint density at radius 3 is 2.27 bits per heavy atom. The molecule has 0 saturated heterocycles. The minimum atomic E-state index is -0.806. The van der Waals surface area contributed by atoms with Gasteiger partial charge in [0.25, 0.3) is 5.91 Å². The maximum Gasteiger partial charge on any atom is 0.435 e. The van der Waals surface area contributed by atoms with E-state index >= 15 is 0 Å². The Morgan fingerprint density at radius 2 is 1.56 bits per heavy atom. The molecule has 1 aliphatic heterocycles. The molecule has 0 bridgehead atoms. The van der Waals surface area contributed by atoms with E-state index in [0.717, 1.165) is 10.2 Å². The fourth-order valence-corrected chi connectivity index (χ4v) is 5.25. The molecule has 0 atom stereocenters. The molecule has 0 spiro atoms. The Balaban J connectivity index is 1.30. The van der Waals surface area contributed by atoms with Gasteiger partial charge in [-0.1, -0.05) is 42.5 Å². The highest BCUT2D eigenvalue weighted by Crippen LogP contribution is 2.37. The predicted octanol–water partition coefficient (Wildman–Crippen LogP) is 7.91. The second kappa shape index (κ2) is 14.6. The van der Waals surface area contributed by atoms with E-state index in [2.05, 4.69) is 10.4 Å². The molecule has 2 amide bonds. The smallest absolute Gasteiger partial charge is 0.435 e. The molecule has 0 fully saturated rings. The number of rotatable bonds is 8. The lowest BCUT2D eigenvalue weighted by molar-refractivity contribution is -0.118. The molecule has 1 aliphatic rings. The van der Waals surface area contributed by atoms with Crippen molar-refractivity contribution in [1.29, 1.82) is 0 Å². The summed E-state index contributed by atoms with van der Waals surface area (Å²) < 4.78 is 24.0. The second-order valence-electron chi connectivity index (χ2n) is 14.0. The van der Waals surface area contributed by atoms with Gasteiger partial charge in [0, 0.05) is 28.6 Å². The minimum Gasteiger partial charge on any atom is -0.484 e. The summed E-state index contributed by atoms with van der Waals surface area (Å²) in [6.07, 6.45) is 1.92. The highest BCUT2D eigenvalue weighted by atomic mass is 16.6. The summed E-state index contributed by atoms with van der Waals surface area (Å²) in [5, 5.41) is 6.97. The summed E-state index contributed by atoms with van der Waals surface area (Å²) in [5.41, 5.74) is 3.02. The van der Waals surface area contributed by atoms with Crippen LogP contribution in [-0.2, 0) is 32.2 Å². The zero-order chi connectivity index (χ0) is 37.0. The molecule has 3 heterocycles. The highest BCUT2D eigenvalue weighted by molar-refractivity contribution is 5.97. The number of anilines is 3. The van der Waals surface area contributed by atoms with Crippen molar-refractivity contribution >= 4 is 35.3 Å². The first-order valence-electron chi connectivity index (χ1n) is 16.7. The number of hydrogen-bond donors (Lipinski definition) is 1. The lowest BCUT2D eigenvalue weighted by atomic mass is 10.1. The SMILES string of the molecule is CC(C)(C)OC(=O)N(c1ccc(-c2cnn(C(=O)OC(C)(C)C)c2)cc1)c1nc(-c2cccc(OCC(=O)Nc3ccccc3)c2)nc2c1COC2. The first-order valence-corrected chi connectivity index (χ1v) is 16.7. The number of ether oxygens (including phenoxy) is 4. The maximum atomic E-state index is 14.0. The van der Waals surface area contributed by atoms with Gasteiger partial charge in [-0.3, -0.25) is 4.79 Å². The lowest BCUT2D eigenvalue weighted by Gasteiger charge is -2.28. The molecule has 0 saturated carbocycles. The topological polar surface area (TPSA) is 147 Å². The number of fused-ring (bicyclic) bond motifs is 1. The molecule has 0 radical (unpaired) electrons. The number of para-hydroxylation sites is 1. The van der Waals surface area contributed by atoms with Crippen molar-refractivity contribution in [2.75, 3.05) is 16.8 Å². The minimum absolute atomic E-state index is 0.200. The van der Waals surface area contributed by atoms with E-state index in [0.29, 0.717) is 51.2 Å². The summed E-state index contributed by atoms with van der Waals surface area (Å²) in [6.45, 7) is 11.0. The van der Waals surface area contributed by atoms with Crippen molar-refractivity contribution in [3.63, 3.8) is 0 Å². The largest absolute Gasteiger partial charge is 0.484 e. The van der Waals surface area contributed by atoms with Crippen molar-refractivity contribution in [2.24, 2.45) is 0 Å². The number of nitrogens with one attached hydrogen (secondary N) is 1. The average molecular weight is 705 g/mol. The van der Waals surface area contributed by atoms with Crippen LogP contribution in [0.25, 0.3) is 22.5 Å². The van der Waals surface area contributed by atoms with Crippen LogP contribution in [0.15, 0.2) is 91.3 Å². The summed E-state index contributed by atoms with van der Waals surface area (Å²) in [4.78, 5) is 50.1. The van der Waals surface area contributed by atoms with Crippen LogP contribution < -0.4 is 15.0 Å². The first kappa shape index (κ1) is 35.7. The first-order chi connectivity index (χ1) is 24.7. The van der Waals surface area contributed by atoms with Crippen LogP contribution >= 0.6 is 0 Å². The molecule has 0 unspecified atom stereocenters. The third-order valence-electron chi connectivity index (χ3n) is 7.49. The lowest BCUT2D eigenvalue weighted by Crippen LogP contribution is -2.35. The summed E-state index contributed by atoms with van der Waals surface area (Å²) in [6, 6.07) is 23.4. The number of hydrogen-bond acceptors (Lipinski definition) is 10. The van der Waals surface area contributed by atoms with Crippen LogP contribution in [0.1, 0.15) is 52.8 Å². The molecule has 0 aliphatic carbocycles. The van der Waals surface area contributed by atoms with Gasteiger partial charge in [-0.05, 0) is 83.5 Å². The van der Waals surface area contributed by atoms with Crippen molar-refractivity contribution < 1.29 is 33.3 Å². The van der Waals surface area contributed by atoms with Gasteiger partial charge < -0.3 is 24.3 Å². The second-order valence-corrected chi connectivity index (χ2v) is 14.0. The standard InChI is InChI=1S/C39H40N6O7/c1-38(2,3)51-36(47)44-21-27(20-40-44)25-15-17-29(18-16-25)45(37(48)52-39(4,5)6)35-31-22-49-23-32(31)42-34(43-35)26-11-10-14-30(19-26)50-24-33(46)41-28-12-8-7-9-13-28/h7-21H,22-24H2,1-6H3,(H,41,46). The third-order valence-corrected chi connectivity index (χ3v) is 7.49. The summed E-state index contributed by atoms with van der Waals surface area (Å²) in [7, 11) is 0. The van der Waals surface area contributed by atoms with Crippen LogP contribution in [0.3, 0.4) is 0 Å². The number of aromatic nitrogens is 4. The molecule has 1 N–H and O–H groups in total. The third kappa shape index (κ3) is 8.79. The zero-order valence-electron chi connectivity index (χ0n) is 29.9. The Labute approximate surface area is 301 Å². The molecule has 268 valence electrons. The molecule has 13 nitrogen and oxygen atoms in total. The Hall–Kier alpha value is -6.08. The zero-order valence-corrected chi connectivity index (χ0v) is 29.9. The normalized spacial score (nSPS) is 12.5. The van der Waals surface area contributed by atoms with Gasteiger partial charge in [-0.2, -0.15) is 9.78 Å². The summed E-state index contributed by atoms with van der Waals surface area (Å²) in [5.74, 6) is 0.780. The van der Waals surface area contributed by atoms with Gasteiger partial charge >= 0.3 is 12.2 Å². The number of nitrogens with zero attached hydrogens (tertiary/aromatic N) is 5. The van der Waals surface area contributed by atoms with Gasteiger partial charge in [0.2, 0.25) is 0 Å². The van der Waals surface area contributed by atoms with Crippen molar-refractivity contribution in [1.82, 2.24) is 19.7 Å². The Kier molecular flexibility index (Phi) is 10.1. The van der Waals surface area contributed by atoms with Gasteiger partial charge in [0.1, 0.15) is 17.0 Å². The molecule has 2 aromatic heterocycles. The average Bonchev–Trinajstić information content (AvgIpc) is 3.78. The van der Waals surface area contributed by atoms with E-state index in [1.807, 2.05) is 36.4 Å². The van der Waals surface area contributed by atoms with Crippen LogP contribution in [-0.4, -0.2) is 55.7 Å². The number of amides is 2. The Bertz CT molecular complexity index is 2080. The van der Waals surface area contributed by atoms with Crippen LogP contribution in [0.2, 0.25) is 0 Å². The van der Waals surface area contributed by atoms with E-state index < -0.39 is 23.4 Å².